The number of nitrogens with one attached hydrogen (secondary N) is 2. The SMILES string of the molecule is CC(C)ONC(=O)c1cc(C=NOCCO)c(F)c(F)c1Nc1ccc(I)cc1F. The lowest BCUT2D eigenvalue weighted by atomic mass is 10.1. The van der Waals surface area contributed by atoms with Gasteiger partial charge in [0.2, 0.25) is 0 Å². The number of anilines is 2. The number of carbonyl (C=O) groups is 1. The molecule has 162 valence electrons. The van der Waals surface area contributed by atoms with Crippen LogP contribution in [-0.4, -0.2) is 36.5 Å². The van der Waals surface area contributed by atoms with Gasteiger partial charge in [-0.25, -0.2) is 18.7 Å². The van der Waals surface area contributed by atoms with Crippen molar-refractivity contribution < 1.29 is 32.7 Å². The van der Waals surface area contributed by atoms with Crippen molar-refractivity contribution >= 4 is 46.1 Å². The molecule has 30 heavy (non-hydrogen) atoms. The van der Waals surface area contributed by atoms with Crippen LogP contribution < -0.4 is 10.8 Å². The molecule has 0 spiro atoms. The van der Waals surface area contributed by atoms with Crippen LogP contribution in [0.25, 0.3) is 0 Å². The van der Waals surface area contributed by atoms with E-state index in [0.717, 1.165) is 12.3 Å². The van der Waals surface area contributed by atoms with Crippen molar-refractivity contribution in [3.05, 3.63) is 56.4 Å². The average molecular weight is 537 g/mol. The van der Waals surface area contributed by atoms with Gasteiger partial charge in [0, 0.05) is 9.13 Å². The largest absolute Gasteiger partial charge is 0.393 e. The molecule has 7 nitrogen and oxygen atoms in total. The number of nitrogens with zero attached hydrogens (tertiary/aromatic N) is 1. The summed E-state index contributed by atoms with van der Waals surface area (Å²) in [7, 11) is 0. The lowest BCUT2D eigenvalue weighted by molar-refractivity contribution is 0.000220. The minimum absolute atomic E-state index is 0.151. The van der Waals surface area contributed by atoms with Crippen molar-refractivity contribution in [1.82, 2.24) is 5.48 Å². The van der Waals surface area contributed by atoms with E-state index >= 15 is 0 Å². The summed E-state index contributed by atoms with van der Waals surface area (Å²) in [5.41, 5.74) is 0.651. The van der Waals surface area contributed by atoms with Crippen LogP contribution in [0.3, 0.4) is 0 Å². The summed E-state index contributed by atoms with van der Waals surface area (Å²) in [4.78, 5) is 22.2. The van der Waals surface area contributed by atoms with Gasteiger partial charge in [-0.1, -0.05) is 5.16 Å². The molecule has 0 radical (unpaired) electrons. The standard InChI is InChI=1S/C19H19F3IN3O4/c1-10(2)30-26-19(28)13-7-11(9-24-29-6-5-27)16(21)17(22)18(13)25-15-4-3-12(23)8-14(15)20/h3-4,7-10,25,27H,5-6H2,1-2H3,(H,26,28). The predicted molar refractivity (Wildman–Crippen MR) is 113 cm³/mol. The molecule has 0 saturated heterocycles. The monoisotopic (exact) mass is 537 g/mol. The van der Waals surface area contributed by atoms with E-state index in [2.05, 4.69) is 20.8 Å². The van der Waals surface area contributed by atoms with E-state index in [1.54, 1.807) is 19.9 Å². The van der Waals surface area contributed by atoms with Gasteiger partial charge in [0.05, 0.1) is 35.9 Å². The first-order chi connectivity index (χ1) is 14.2. The molecule has 0 saturated carbocycles. The van der Waals surface area contributed by atoms with Crippen LogP contribution in [0.5, 0.6) is 0 Å². The summed E-state index contributed by atoms with van der Waals surface area (Å²) in [6, 6.07) is 5.09. The fourth-order valence-corrected chi connectivity index (χ4v) is 2.63. The van der Waals surface area contributed by atoms with Crippen molar-refractivity contribution in [3.8, 4) is 0 Å². The smallest absolute Gasteiger partial charge is 0.277 e. The number of aliphatic hydroxyl groups excluding tert-OH is 1. The molecule has 0 atom stereocenters. The Balaban J connectivity index is 2.50. The lowest BCUT2D eigenvalue weighted by Gasteiger charge is -2.16. The molecule has 0 unspecified atom stereocenters. The van der Waals surface area contributed by atoms with E-state index in [1.807, 2.05) is 22.6 Å². The Morgan fingerprint density at radius 2 is 2.00 bits per heavy atom. The Morgan fingerprint density at radius 1 is 1.27 bits per heavy atom. The first-order valence-corrected chi connectivity index (χ1v) is 9.78. The minimum atomic E-state index is -1.42. The summed E-state index contributed by atoms with van der Waals surface area (Å²) in [5.74, 6) is -4.36. The number of hydroxylamine groups is 1. The van der Waals surface area contributed by atoms with Crippen molar-refractivity contribution in [1.29, 1.82) is 0 Å². The molecule has 2 rings (SSSR count). The van der Waals surface area contributed by atoms with Gasteiger partial charge < -0.3 is 15.3 Å². The van der Waals surface area contributed by atoms with Gasteiger partial charge in [0.15, 0.2) is 11.6 Å². The van der Waals surface area contributed by atoms with Gasteiger partial charge in [0.1, 0.15) is 12.4 Å². The Morgan fingerprint density at radius 3 is 2.63 bits per heavy atom. The lowest BCUT2D eigenvalue weighted by Crippen LogP contribution is -2.28. The van der Waals surface area contributed by atoms with Crippen LogP contribution in [0, 0.1) is 21.0 Å². The number of carbonyl (C=O) groups excluding carboxylic acids is 1. The second kappa shape index (κ2) is 11.1. The topological polar surface area (TPSA) is 92.2 Å². The zero-order valence-electron chi connectivity index (χ0n) is 16.0. The summed E-state index contributed by atoms with van der Waals surface area (Å²) < 4.78 is 44.2. The van der Waals surface area contributed by atoms with E-state index < -0.39 is 34.6 Å². The van der Waals surface area contributed by atoms with E-state index in [0.29, 0.717) is 3.57 Å². The highest BCUT2D eigenvalue weighted by Crippen LogP contribution is 2.30. The molecule has 2 aromatic carbocycles. The van der Waals surface area contributed by atoms with Crippen molar-refractivity contribution in [2.45, 2.75) is 20.0 Å². The van der Waals surface area contributed by atoms with Gasteiger partial charge in [-0.3, -0.25) is 9.63 Å². The highest BCUT2D eigenvalue weighted by atomic mass is 127. The minimum Gasteiger partial charge on any atom is -0.393 e. The fraction of sp³-hybridized carbons (Fsp3) is 0.263. The number of hydrogen-bond donors (Lipinski definition) is 3. The van der Waals surface area contributed by atoms with Crippen LogP contribution in [0.15, 0.2) is 29.4 Å². The molecule has 11 heteroatoms. The number of halogens is 4. The third-order valence-electron chi connectivity index (χ3n) is 3.51. The maximum absolute atomic E-state index is 14.8. The third kappa shape index (κ3) is 6.31. The van der Waals surface area contributed by atoms with Crippen molar-refractivity contribution in [2.24, 2.45) is 5.16 Å². The highest BCUT2D eigenvalue weighted by Gasteiger charge is 2.23. The summed E-state index contributed by atoms with van der Waals surface area (Å²) in [6.07, 6.45) is 0.473. The van der Waals surface area contributed by atoms with Gasteiger partial charge in [-0.2, -0.15) is 0 Å². The van der Waals surface area contributed by atoms with E-state index in [1.165, 1.54) is 12.1 Å². The predicted octanol–water partition coefficient (Wildman–Crippen LogP) is 3.86. The second-order valence-corrected chi connectivity index (χ2v) is 7.40. The van der Waals surface area contributed by atoms with E-state index in [-0.39, 0.29) is 30.6 Å². The van der Waals surface area contributed by atoms with Gasteiger partial charge in [0.25, 0.3) is 5.91 Å². The molecule has 0 aliphatic rings. The van der Waals surface area contributed by atoms with Gasteiger partial charge in [-0.15, -0.1) is 0 Å². The molecule has 0 aliphatic heterocycles. The summed E-state index contributed by atoms with van der Waals surface area (Å²) in [5, 5.41) is 14.5. The Bertz CT molecular complexity index is 942. The number of rotatable bonds is 9. The quantitative estimate of drug-likeness (QED) is 0.196. The molecule has 0 bridgehead atoms. The van der Waals surface area contributed by atoms with Crippen LogP contribution in [0.4, 0.5) is 24.5 Å². The third-order valence-corrected chi connectivity index (χ3v) is 4.18. The van der Waals surface area contributed by atoms with Crippen LogP contribution >= 0.6 is 22.6 Å². The summed E-state index contributed by atoms with van der Waals surface area (Å²) >= 11 is 1.90. The normalized spacial score (nSPS) is 11.2. The molecule has 0 heterocycles. The highest BCUT2D eigenvalue weighted by molar-refractivity contribution is 14.1. The maximum atomic E-state index is 14.8. The van der Waals surface area contributed by atoms with Gasteiger partial charge in [-0.05, 0) is 60.7 Å². The molecule has 0 aliphatic carbocycles. The van der Waals surface area contributed by atoms with Crippen molar-refractivity contribution in [3.63, 3.8) is 0 Å². The van der Waals surface area contributed by atoms with Gasteiger partial charge >= 0.3 is 0 Å². The second-order valence-electron chi connectivity index (χ2n) is 6.15. The molecular formula is C19H19F3IN3O4. The first kappa shape index (κ1) is 23.9. The Hall–Kier alpha value is -2.38. The number of oxime groups is 1. The van der Waals surface area contributed by atoms with E-state index in [4.69, 9.17) is 9.94 Å². The number of amides is 1. The Labute approximate surface area is 184 Å². The zero-order valence-corrected chi connectivity index (χ0v) is 18.2. The van der Waals surface area contributed by atoms with Crippen LogP contribution in [0.2, 0.25) is 0 Å². The molecular weight excluding hydrogens is 518 g/mol. The molecule has 3 N–H and O–H groups in total. The molecule has 0 fully saturated rings. The molecule has 2 aromatic rings. The average Bonchev–Trinajstić information content (AvgIpc) is 2.70. The zero-order chi connectivity index (χ0) is 22.3. The number of hydrogen-bond acceptors (Lipinski definition) is 6. The van der Waals surface area contributed by atoms with Crippen molar-refractivity contribution in [2.75, 3.05) is 18.5 Å². The van der Waals surface area contributed by atoms with E-state index in [9.17, 15) is 18.0 Å². The molecule has 1 amide bonds. The number of benzene rings is 2. The Kier molecular flexibility index (Phi) is 8.87. The van der Waals surface area contributed by atoms with Crippen LogP contribution in [0.1, 0.15) is 29.8 Å². The summed E-state index contributed by atoms with van der Waals surface area (Å²) in [6.45, 7) is 2.84. The van der Waals surface area contributed by atoms with Crippen LogP contribution in [-0.2, 0) is 9.68 Å². The molecule has 0 aromatic heterocycles. The number of aliphatic hydroxyl groups is 1. The first-order valence-electron chi connectivity index (χ1n) is 8.70. The fourth-order valence-electron chi connectivity index (χ4n) is 2.18. The maximum Gasteiger partial charge on any atom is 0.277 e.